The first-order chi connectivity index (χ1) is 13.9. The van der Waals surface area contributed by atoms with Crippen molar-refractivity contribution >= 4 is 45.0 Å². The van der Waals surface area contributed by atoms with Crippen molar-refractivity contribution in [3.8, 4) is 0 Å². The normalized spacial score (nSPS) is 19.3. The Kier molecular flexibility index (Phi) is 5.01. The number of primary amides is 1. The lowest BCUT2D eigenvalue weighted by Gasteiger charge is -2.37. The van der Waals surface area contributed by atoms with Crippen molar-refractivity contribution in [3.05, 3.63) is 41.2 Å². The summed E-state index contributed by atoms with van der Waals surface area (Å²) < 4.78 is 1.02. The lowest BCUT2D eigenvalue weighted by molar-refractivity contribution is -0.146. The molecule has 1 aliphatic heterocycles. The summed E-state index contributed by atoms with van der Waals surface area (Å²) in [6, 6.07) is 3.22. The Bertz CT molecular complexity index is 1060. The van der Waals surface area contributed by atoms with E-state index in [1.807, 2.05) is 6.07 Å². The summed E-state index contributed by atoms with van der Waals surface area (Å²) in [6.45, 7) is 2.57. The van der Waals surface area contributed by atoms with Gasteiger partial charge >= 0.3 is 11.8 Å². The van der Waals surface area contributed by atoms with Crippen LogP contribution in [0.3, 0.4) is 0 Å². The molecule has 150 valence electrons. The monoisotopic (exact) mass is 412 g/mol. The highest BCUT2D eigenvalue weighted by molar-refractivity contribution is 7.19. The van der Waals surface area contributed by atoms with Crippen LogP contribution in [0.1, 0.15) is 41.0 Å². The first-order valence-electron chi connectivity index (χ1n) is 9.22. The standard InChI is InChI=1S/C19H20N6O3S/c1-10-2-3-14(15-5-13-16(29-15)8-22-24-13)25(9-10)19(28)18(27)23-12-4-11(17(20)26)6-21-7-12/h4-8,10,14H,2-3,9H2,1H3,(H2,20,26)(H,22,24)(H,23,27). The van der Waals surface area contributed by atoms with Gasteiger partial charge < -0.3 is 16.0 Å². The SMILES string of the molecule is CC1CCC(c2cc3[nH]ncc3s2)N(C(=O)C(=O)Nc2cncc(C(N)=O)c2)C1. The van der Waals surface area contributed by atoms with E-state index in [9.17, 15) is 14.4 Å². The molecule has 4 N–H and O–H groups in total. The average molecular weight is 412 g/mol. The molecule has 3 amide bonds. The highest BCUT2D eigenvalue weighted by atomic mass is 32.1. The number of thiophene rings is 1. The summed E-state index contributed by atoms with van der Waals surface area (Å²) in [4.78, 5) is 43.5. The largest absolute Gasteiger partial charge is 0.366 e. The number of hydrogen-bond donors (Lipinski definition) is 3. The molecule has 1 saturated heterocycles. The van der Waals surface area contributed by atoms with Gasteiger partial charge in [-0.05, 0) is 30.9 Å². The molecule has 2 atom stereocenters. The maximum Gasteiger partial charge on any atom is 0.313 e. The van der Waals surface area contributed by atoms with E-state index in [1.165, 1.54) is 18.5 Å². The van der Waals surface area contributed by atoms with E-state index in [4.69, 9.17) is 5.73 Å². The Hall–Kier alpha value is -3.27. The summed E-state index contributed by atoms with van der Waals surface area (Å²) in [5, 5.41) is 9.47. The summed E-state index contributed by atoms with van der Waals surface area (Å²) in [5.74, 6) is -1.74. The van der Waals surface area contributed by atoms with Gasteiger partial charge in [0.2, 0.25) is 5.91 Å². The lowest BCUT2D eigenvalue weighted by Crippen LogP contribution is -2.46. The molecule has 4 heterocycles. The van der Waals surface area contributed by atoms with Crippen molar-refractivity contribution in [2.24, 2.45) is 11.7 Å². The molecule has 10 heteroatoms. The van der Waals surface area contributed by atoms with Crippen LogP contribution >= 0.6 is 11.3 Å². The highest BCUT2D eigenvalue weighted by Gasteiger charge is 2.35. The minimum atomic E-state index is -0.767. The van der Waals surface area contributed by atoms with Crippen LogP contribution in [0.25, 0.3) is 10.2 Å². The number of H-pyrrole nitrogens is 1. The van der Waals surface area contributed by atoms with Gasteiger partial charge in [0.25, 0.3) is 0 Å². The van der Waals surface area contributed by atoms with Crippen molar-refractivity contribution in [2.45, 2.75) is 25.8 Å². The van der Waals surface area contributed by atoms with Crippen LogP contribution < -0.4 is 11.1 Å². The number of nitrogens with zero attached hydrogens (tertiary/aromatic N) is 3. The van der Waals surface area contributed by atoms with Gasteiger partial charge in [-0.15, -0.1) is 11.3 Å². The fourth-order valence-electron chi connectivity index (χ4n) is 3.56. The van der Waals surface area contributed by atoms with Gasteiger partial charge in [-0.25, -0.2) is 0 Å². The predicted molar refractivity (Wildman–Crippen MR) is 108 cm³/mol. The molecule has 29 heavy (non-hydrogen) atoms. The van der Waals surface area contributed by atoms with E-state index < -0.39 is 17.7 Å². The molecular weight excluding hydrogens is 392 g/mol. The van der Waals surface area contributed by atoms with Gasteiger partial charge in [-0.1, -0.05) is 6.92 Å². The Morgan fingerprint density at radius 3 is 2.83 bits per heavy atom. The molecule has 0 saturated carbocycles. The van der Waals surface area contributed by atoms with Gasteiger partial charge in [0.15, 0.2) is 0 Å². The number of anilines is 1. The van der Waals surface area contributed by atoms with Crippen LogP contribution in [-0.4, -0.2) is 44.3 Å². The number of aromatic amines is 1. The van der Waals surface area contributed by atoms with Crippen LogP contribution in [0.4, 0.5) is 5.69 Å². The zero-order chi connectivity index (χ0) is 20.5. The first-order valence-corrected chi connectivity index (χ1v) is 10.0. The van der Waals surface area contributed by atoms with Gasteiger partial charge in [-0.3, -0.25) is 24.5 Å². The van der Waals surface area contributed by atoms with E-state index >= 15 is 0 Å². The van der Waals surface area contributed by atoms with E-state index in [1.54, 1.807) is 22.4 Å². The zero-order valence-corrected chi connectivity index (χ0v) is 16.5. The molecule has 0 radical (unpaired) electrons. The number of rotatable bonds is 3. The molecule has 4 rings (SSSR count). The molecule has 0 bridgehead atoms. The van der Waals surface area contributed by atoms with Crippen LogP contribution in [0, 0.1) is 5.92 Å². The molecule has 0 aliphatic carbocycles. The molecule has 1 fully saturated rings. The summed E-state index contributed by atoms with van der Waals surface area (Å²) >= 11 is 1.57. The second-order valence-electron chi connectivity index (χ2n) is 7.23. The predicted octanol–water partition coefficient (Wildman–Crippen LogP) is 2.06. The topological polar surface area (TPSA) is 134 Å². The van der Waals surface area contributed by atoms with Crippen LogP contribution in [0.5, 0.6) is 0 Å². The van der Waals surface area contributed by atoms with Gasteiger partial charge in [0.1, 0.15) is 0 Å². The van der Waals surface area contributed by atoms with Crippen molar-refractivity contribution in [1.29, 1.82) is 0 Å². The molecular formula is C19H20N6O3S. The first kappa shape index (κ1) is 19.1. The quantitative estimate of drug-likeness (QED) is 0.566. The number of aromatic nitrogens is 3. The van der Waals surface area contributed by atoms with Crippen molar-refractivity contribution in [2.75, 3.05) is 11.9 Å². The number of amides is 3. The second-order valence-corrected chi connectivity index (χ2v) is 8.35. The number of carbonyl (C=O) groups is 3. The Balaban J connectivity index is 1.55. The molecule has 1 aliphatic rings. The van der Waals surface area contributed by atoms with E-state index in [0.717, 1.165) is 27.9 Å². The molecule has 0 aromatic carbocycles. The number of pyridine rings is 1. The lowest BCUT2D eigenvalue weighted by atomic mass is 9.93. The summed E-state index contributed by atoms with van der Waals surface area (Å²) in [5.41, 5.74) is 6.57. The fraction of sp³-hybridized carbons (Fsp3) is 0.316. The maximum absolute atomic E-state index is 13.0. The Morgan fingerprint density at radius 1 is 1.24 bits per heavy atom. The smallest absolute Gasteiger partial charge is 0.313 e. The number of fused-ring (bicyclic) bond motifs is 1. The summed E-state index contributed by atoms with van der Waals surface area (Å²) in [6.07, 6.45) is 6.19. The van der Waals surface area contributed by atoms with Crippen molar-refractivity contribution in [3.63, 3.8) is 0 Å². The number of carbonyl (C=O) groups excluding carboxylic acids is 3. The highest BCUT2D eigenvalue weighted by Crippen LogP contribution is 2.38. The third kappa shape index (κ3) is 3.83. The van der Waals surface area contributed by atoms with Crippen LogP contribution in [0.2, 0.25) is 0 Å². The Labute approximate surface area is 170 Å². The zero-order valence-electron chi connectivity index (χ0n) is 15.7. The molecule has 3 aromatic rings. The van der Waals surface area contributed by atoms with E-state index in [0.29, 0.717) is 12.5 Å². The number of likely N-dealkylation sites (tertiary alicyclic amines) is 1. The summed E-state index contributed by atoms with van der Waals surface area (Å²) in [7, 11) is 0. The molecule has 3 aromatic heterocycles. The fourth-order valence-corrected chi connectivity index (χ4v) is 4.70. The van der Waals surface area contributed by atoms with Crippen LogP contribution in [0.15, 0.2) is 30.7 Å². The minimum Gasteiger partial charge on any atom is -0.366 e. The number of nitrogens with one attached hydrogen (secondary N) is 2. The minimum absolute atomic E-state index is 0.155. The average Bonchev–Trinajstić information content (AvgIpc) is 3.29. The number of hydrogen-bond acceptors (Lipinski definition) is 6. The van der Waals surface area contributed by atoms with Gasteiger partial charge in [0, 0.05) is 17.6 Å². The second kappa shape index (κ2) is 7.63. The van der Waals surface area contributed by atoms with Crippen molar-refractivity contribution in [1.82, 2.24) is 20.1 Å². The van der Waals surface area contributed by atoms with Gasteiger partial charge in [0.05, 0.1) is 39.9 Å². The molecule has 0 spiro atoms. The van der Waals surface area contributed by atoms with Crippen molar-refractivity contribution < 1.29 is 14.4 Å². The van der Waals surface area contributed by atoms with E-state index in [-0.39, 0.29) is 17.3 Å². The maximum atomic E-state index is 13.0. The molecule has 2 unspecified atom stereocenters. The number of piperidine rings is 1. The van der Waals surface area contributed by atoms with Crippen LogP contribution in [-0.2, 0) is 9.59 Å². The van der Waals surface area contributed by atoms with Gasteiger partial charge in [-0.2, -0.15) is 5.10 Å². The number of nitrogens with two attached hydrogens (primary N) is 1. The van der Waals surface area contributed by atoms with E-state index in [2.05, 4.69) is 27.4 Å². The third-order valence-corrected chi connectivity index (χ3v) is 6.20. The third-order valence-electron chi connectivity index (χ3n) is 5.03. The molecule has 9 nitrogen and oxygen atoms in total. The Morgan fingerprint density at radius 2 is 2.07 bits per heavy atom.